The van der Waals surface area contributed by atoms with Gasteiger partial charge in [0, 0.05) is 0 Å². The van der Waals surface area contributed by atoms with Gasteiger partial charge in [-0.2, -0.15) is 0 Å². The van der Waals surface area contributed by atoms with Gasteiger partial charge >= 0.3 is 5.97 Å². The predicted octanol–water partition coefficient (Wildman–Crippen LogP) is 2.84. The van der Waals surface area contributed by atoms with Gasteiger partial charge in [0.05, 0.1) is 12.5 Å². The quantitative estimate of drug-likeness (QED) is 0.713. The van der Waals surface area contributed by atoms with Gasteiger partial charge in [-0.15, -0.1) is 0 Å². The summed E-state index contributed by atoms with van der Waals surface area (Å²) in [6.07, 6.45) is 3.87. The first-order chi connectivity index (χ1) is 7.74. The molecule has 0 saturated carbocycles. The molecule has 16 heavy (non-hydrogen) atoms. The molecule has 1 aromatic rings. The number of hydrogen-bond donors (Lipinski definition) is 0. The van der Waals surface area contributed by atoms with E-state index in [0.717, 1.165) is 25.7 Å². The molecule has 0 bridgehead atoms. The van der Waals surface area contributed by atoms with Gasteiger partial charge in [-0.3, -0.25) is 4.79 Å². The lowest BCUT2D eigenvalue weighted by Gasteiger charge is -2.35. The minimum atomic E-state index is -0.399. The summed E-state index contributed by atoms with van der Waals surface area (Å²) >= 11 is 0. The van der Waals surface area contributed by atoms with E-state index in [1.165, 1.54) is 18.2 Å². The molecule has 1 aliphatic carbocycles. The van der Waals surface area contributed by atoms with Gasteiger partial charge in [0.2, 0.25) is 0 Å². The van der Waals surface area contributed by atoms with E-state index < -0.39 is 5.41 Å². The fourth-order valence-corrected chi connectivity index (χ4v) is 2.84. The minimum Gasteiger partial charge on any atom is -0.468 e. The number of carbonyl (C=O) groups excluding carboxylic acids is 1. The van der Waals surface area contributed by atoms with Gasteiger partial charge in [0.15, 0.2) is 0 Å². The lowest BCUT2D eigenvalue weighted by atomic mass is 9.68. The normalized spacial score (nSPS) is 23.6. The summed E-state index contributed by atoms with van der Waals surface area (Å²) in [7, 11) is 1.48. The third-order valence-electron chi connectivity index (χ3n) is 3.76. The number of methoxy groups -OCH3 is 1. The number of ether oxygens (including phenoxy) is 1. The van der Waals surface area contributed by atoms with Gasteiger partial charge in [0.25, 0.3) is 0 Å². The van der Waals surface area contributed by atoms with Crippen LogP contribution in [0, 0.1) is 0 Å². The van der Waals surface area contributed by atoms with Gasteiger partial charge in [0.1, 0.15) is 0 Å². The largest absolute Gasteiger partial charge is 0.468 e. The molecule has 1 aromatic carbocycles. The molecule has 86 valence electrons. The highest BCUT2D eigenvalue weighted by atomic mass is 16.5. The van der Waals surface area contributed by atoms with Crippen molar-refractivity contribution in [2.75, 3.05) is 7.11 Å². The summed E-state index contributed by atoms with van der Waals surface area (Å²) in [4.78, 5) is 12.1. The maximum Gasteiger partial charge on any atom is 0.316 e. The number of hydrogen-bond acceptors (Lipinski definition) is 2. The van der Waals surface area contributed by atoms with Crippen molar-refractivity contribution >= 4 is 5.97 Å². The predicted molar refractivity (Wildman–Crippen MR) is 63.4 cm³/mol. The summed E-state index contributed by atoms with van der Waals surface area (Å²) in [5, 5.41) is 0. The van der Waals surface area contributed by atoms with Crippen LogP contribution in [0.4, 0.5) is 0 Å². The smallest absolute Gasteiger partial charge is 0.316 e. The summed E-state index contributed by atoms with van der Waals surface area (Å²) in [6.45, 7) is 2.07. The van der Waals surface area contributed by atoms with Gasteiger partial charge < -0.3 is 4.74 Å². The Hall–Kier alpha value is -1.31. The molecule has 0 fully saturated rings. The molecular formula is C14H18O2. The molecule has 1 aliphatic rings. The van der Waals surface area contributed by atoms with Crippen LogP contribution in [0.25, 0.3) is 0 Å². The Bertz CT molecular complexity index is 397. The van der Waals surface area contributed by atoms with Crippen molar-refractivity contribution in [3.63, 3.8) is 0 Å². The Kier molecular flexibility index (Phi) is 2.99. The van der Waals surface area contributed by atoms with Crippen LogP contribution >= 0.6 is 0 Å². The van der Waals surface area contributed by atoms with E-state index in [1.807, 2.05) is 12.1 Å². The molecule has 0 heterocycles. The number of aryl methyl sites for hydroxylation is 1. The second-order valence-corrected chi connectivity index (χ2v) is 4.44. The molecule has 0 radical (unpaired) electrons. The summed E-state index contributed by atoms with van der Waals surface area (Å²) in [5.74, 6) is -0.0813. The maximum absolute atomic E-state index is 12.1. The first kappa shape index (κ1) is 11.2. The second kappa shape index (κ2) is 4.28. The molecule has 0 amide bonds. The number of carbonyl (C=O) groups is 1. The van der Waals surface area contributed by atoms with Crippen molar-refractivity contribution in [2.24, 2.45) is 0 Å². The van der Waals surface area contributed by atoms with Crippen molar-refractivity contribution in [1.29, 1.82) is 0 Å². The number of rotatable bonds is 2. The highest BCUT2D eigenvalue weighted by Crippen LogP contribution is 2.40. The van der Waals surface area contributed by atoms with Crippen LogP contribution in [-0.4, -0.2) is 13.1 Å². The van der Waals surface area contributed by atoms with Crippen molar-refractivity contribution in [1.82, 2.24) is 0 Å². The van der Waals surface area contributed by atoms with Crippen LogP contribution in [0.1, 0.15) is 37.3 Å². The van der Waals surface area contributed by atoms with Crippen molar-refractivity contribution in [2.45, 2.75) is 38.0 Å². The second-order valence-electron chi connectivity index (χ2n) is 4.44. The standard InChI is InChI=1S/C14H18O2/c1-3-14(13(15)16-2)10-6-8-11-7-4-5-9-12(11)14/h4-5,7,9H,3,6,8,10H2,1-2H3. The molecule has 0 aliphatic heterocycles. The Labute approximate surface area is 96.6 Å². The van der Waals surface area contributed by atoms with Crippen LogP contribution in [0.2, 0.25) is 0 Å². The van der Waals surface area contributed by atoms with E-state index in [9.17, 15) is 4.79 Å². The third kappa shape index (κ3) is 1.53. The molecule has 1 atom stereocenters. The lowest BCUT2D eigenvalue weighted by Crippen LogP contribution is -2.39. The SMILES string of the molecule is CCC1(C(=O)OC)CCCc2ccccc21. The van der Waals surface area contributed by atoms with Crippen LogP contribution in [0.3, 0.4) is 0 Å². The third-order valence-corrected chi connectivity index (χ3v) is 3.76. The van der Waals surface area contributed by atoms with Crippen LogP contribution in [-0.2, 0) is 21.4 Å². The van der Waals surface area contributed by atoms with Crippen LogP contribution in [0.15, 0.2) is 24.3 Å². The number of esters is 1. The van der Waals surface area contributed by atoms with E-state index >= 15 is 0 Å². The van der Waals surface area contributed by atoms with Crippen LogP contribution in [0.5, 0.6) is 0 Å². The fourth-order valence-electron chi connectivity index (χ4n) is 2.84. The molecule has 0 spiro atoms. The fraction of sp³-hybridized carbons (Fsp3) is 0.500. The van der Waals surface area contributed by atoms with E-state index in [-0.39, 0.29) is 5.97 Å². The lowest BCUT2D eigenvalue weighted by molar-refractivity contribution is -0.148. The highest BCUT2D eigenvalue weighted by Gasteiger charge is 2.42. The molecule has 2 heteroatoms. The van der Waals surface area contributed by atoms with Crippen LogP contribution < -0.4 is 0 Å². The topological polar surface area (TPSA) is 26.3 Å². The zero-order chi connectivity index (χ0) is 11.6. The Morgan fingerprint density at radius 3 is 2.88 bits per heavy atom. The van der Waals surface area contributed by atoms with E-state index in [1.54, 1.807) is 0 Å². The molecule has 0 aromatic heterocycles. The first-order valence-corrected chi connectivity index (χ1v) is 5.91. The zero-order valence-electron chi connectivity index (χ0n) is 9.95. The van der Waals surface area contributed by atoms with E-state index in [0.29, 0.717) is 0 Å². The Morgan fingerprint density at radius 2 is 2.19 bits per heavy atom. The van der Waals surface area contributed by atoms with Gasteiger partial charge in [-0.1, -0.05) is 31.2 Å². The zero-order valence-corrected chi connectivity index (χ0v) is 9.95. The van der Waals surface area contributed by atoms with Crippen molar-refractivity contribution < 1.29 is 9.53 Å². The van der Waals surface area contributed by atoms with Gasteiger partial charge in [-0.05, 0) is 36.8 Å². The van der Waals surface area contributed by atoms with Crippen molar-refractivity contribution in [3.05, 3.63) is 35.4 Å². The summed E-state index contributed by atoms with van der Waals surface area (Å²) < 4.78 is 5.00. The monoisotopic (exact) mass is 218 g/mol. The molecule has 0 saturated heterocycles. The summed E-state index contributed by atoms with van der Waals surface area (Å²) in [5.41, 5.74) is 2.08. The molecule has 2 rings (SSSR count). The van der Waals surface area contributed by atoms with Crippen molar-refractivity contribution in [3.8, 4) is 0 Å². The number of benzene rings is 1. The van der Waals surface area contributed by atoms with Gasteiger partial charge in [-0.25, -0.2) is 0 Å². The maximum atomic E-state index is 12.1. The first-order valence-electron chi connectivity index (χ1n) is 5.91. The average molecular weight is 218 g/mol. The average Bonchev–Trinajstić information content (AvgIpc) is 2.37. The molecular weight excluding hydrogens is 200 g/mol. The Balaban J connectivity index is 2.53. The molecule has 0 N–H and O–H groups in total. The highest BCUT2D eigenvalue weighted by molar-refractivity contribution is 5.84. The Morgan fingerprint density at radius 1 is 1.44 bits per heavy atom. The summed E-state index contributed by atoms with van der Waals surface area (Å²) in [6, 6.07) is 8.26. The number of fused-ring (bicyclic) bond motifs is 1. The van der Waals surface area contributed by atoms with E-state index in [4.69, 9.17) is 4.74 Å². The van der Waals surface area contributed by atoms with E-state index in [2.05, 4.69) is 19.1 Å². The molecule has 2 nitrogen and oxygen atoms in total. The molecule has 1 unspecified atom stereocenters. The minimum absolute atomic E-state index is 0.0813.